The summed E-state index contributed by atoms with van der Waals surface area (Å²) in [7, 11) is 0. The second-order valence-electron chi connectivity index (χ2n) is 6.49. The number of hydrogen-bond donors (Lipinski definition) is 2. The number of rotatable bonds is 0. The molecule has 2 rings (SSSR count). The molecule has 0 aromatic rings. The van der Waals surface area contributed by atoms with Gasteiger partial charge in [0.25, 0.3) is 5.91 Å². The van der Waals surface area contributed by atoms with Crippen LogP contribution < -0.4 is 10.6 Å². The lowest BCUT2D eigenvalue weighted by Gasteiger charge is -2.50. The van der Waals surface area contributed by atoms with E-state index in [1.165, 1.54) is 0 Å². The van der Waals surface area contributed by atoms with Crippen molar-refractivity contribution < 1.29 is 9.53 Å². The summed E-state index contributed by atoms with van der Waals surface area (Å²) < 4.78 is 5.87. The topological polar surface area (TPSA) is 50.4 Å². The number of hydrogen-bond acceptors (Lipinski definition) is 3. The van der Waals surface area contributed by atoms with E-state index in [9.17, 15) is 4.79 Å². The van der Waals surface area contributed by atoms with Crippen LogP contribution in [0.4, 0.5) is 0 Å². The first-order chi connectivity index (χ1) is 7.13. The smallest absolute Gasteiger partial charge is 0.251 e. The summed E-state index contributed by atoms with van der Waals surface area (Å²) in [5.74, 6) is 0.00787. The summed E-state index contributed by atoms with van der Waals surface area (Å²) in [6.07, 6.45) is 1.28. The summed E-state index contributed by atoms with van der Waals surface area (Å²) in [4.78, 5) is 11.6. The van der Waals surface area contributed by atoms with Crippen molar-refractivity contribution in [2.75, 3.05) is 0 Å². The average molecular weight is 226 g/mol. The molecule has 0 aromatic heterocycles. The van der Waals surface area contributed by atoms with E-state index in [1.807, 2.05) is 6.92 Å². The minimum absolute atomic E-state index is 0.00787. The Kier molecular flexibility index (Phi) is 2.37. The van der Waals surface area contributed by atoms with E-state index < -0.39 is 5.72 Å². The van der Waals surface area contributed by atoms with Gasteiger partial charge in [0, 0.05) is 23.9 Å². The van der Waals surface area contributed by atoms with E-state index in [0.717, 1.165) is 12.8 Å². The number of carbonyl (C=O) groups excluding carboxylic acids is 1. The van der Waals surface area contributed by atoms with Crippen LogP contribution in [-0.2, 0) is 9.53 Å². The second kappa shape index (κ2) is 3.20. The van der Waals surface area contributed by atoms with Crippen molar-refractivity contribution in [3.8, 4) is 0 Å². The largest absolute Gasteiger partial charge is 0.343 e. The van der Waals surface area contributed by atoms with Gasteiger partial charge in [-0.3, -0.25) is 4.79 Å². The fourth-order valence-corrected chi connectivity index (χ4v) is 3.41. The fourth-order valence-electron chi connectivity index (χ4n) is 3.41. The minimum atomic E-state index is -0.477. The maximum Gasteiger partial charge on any atom is 0.251 e. The van der Waals surface area contributed by atoms with Crippen molar-refractivity contribution in [2.24, 2.45) is 0 Å². The predicted molar refractivity (Wildman–Crippen MR) is 61.9 cm³/mol. The van der Waals surface area contributed by atoms with E-state index in [1.54, 1.807) is 0 Å². The molecule has 0 aliphatic carbocycles. The number of nitrogens with one attached hydrogen (secondary N) is 2. The van der Waals surface area contributed by atoms with E-state index in [-0.39, 0.29) is 23.1 Å². The van der Waals surface area contributed by atoms with Gasteiger partial charge in [-0.05, 0) is 34.6 Å². The van der Waals surface area contributed by atoms with Crippen LogP contribution in [0.3, 0.4) is 0 Å². The van der Waals surface area contributed by atoms with Crippen molar-refractivity contribution in [3.63, 3.8) is 0 Å². The molecule has 2 aliphatic rings. The number of piperidine rings is 1. The lowest BCUT2D eigenvalue weighted by Crippen LogP contribution is -2.66. The molecule has 0 saturated carbocycles. The molecule has 2 heterocycles. The van der Waals surface area contributed by atoms with Crippen LogP contribution in [0.25, 0.3) is 0 Å². The molecule has 1 atom stereocenters. The molecule has 0 bridgehead atoms. The van der Waals surface area contributed by atoms with Gasteiger partial charge in [0.15, 0.2) is 0 Å². The molecule has 2 N–H and O–H groups in total. The van der Waals surface area contributed by atoms with E-state index in [2.05, 4.69) is 38.3 Å². The van der Waals surface area contributed by atoms with Crippen molar-refractivity contribution in [1.82, 2.24) is 10.6 Å². The number of ether oxygens (including phenoxy) is 1. The predicted octanol–water partition coefficient (Wildman–Crippen LogP) is 1.16. The highest BCUT2D eigenvalue weighted by atomic mass is 16.5. The van der Waals surface area contributed by atoms with Gasteiger partial charge in [-0.1, -0.05) is 0 Å². The zero-order valence-corrected chi connectivity index (χ0v) is 10.8. The zero-order valence-electron chi connectivity index (χ0n) is 10.8. The second-order valence-corrected chi connectivity index (χ2v) is 6.49. The third kappa shape index (κ3) is 2.09. The molecule has 4 heteroatoms. The first kappa shape index (κ1) is 11.9. The molecule has 2 fully saturated rings. The van der Waals surface area contributed by atoms with Crippen LogP contribution in [0.5, 0.6) is 0 Å². The normalized spacial score (nSPS) is 35.1. The van der Waals surface area contributed by atoms with Gasteiger partial charge in [0.1, 0.15) is 11.8 Å². The highest BCUT2D eigenvalue weighted by molar-refractivity contribution is 5.82. The summed E-state index contributed by atoms with van der Waals surface area (Å²) >= 11 is 0. The Morgan fingerprint density at radius 3 is 2.06 bits per heavy atom. The van der Waals surface area contributed by atoms with Gasteiger partial charge < -0.3 is 15.4 Å². The van der Waals surface area contributed by atoms with E-state index in [0.29, 0.717) is 0 Å². The molecular formula is C12H22N2O2. The zero-order chi connectivity index (χ0) is 12.2. The molecule has 1 unspecified atom stereocenters. The molecule has 0 radical (unpaired) electrons. The van der Waals surface area contributed by atoms with Crippen molar-refractivity contribution >= 4 is 5.91 Å². The summed E-state index contributed by atoms with van der Waals surface area (Å²) in [6, 6.07) is 0. The molecule has 4 nitrogen and oxygen atoms in total. The van der Waals surface area contributed by atoms with E-state index in [4.69, 9.17) is 4.74 Å². The van der Waals surface area contributed by atoms with Gasteiger partial charge in [-0.15, -0.1) is 0 Å². The molecule has 2 aliphatic heterocycles. The number of carbonyl (C=O) groups is 1. The van der Waals surface area contributed by atoms with Crippen molar-refractivity contribution in [1.29, 1.82) is 0 Å². The first-order valence-electron chi connectivity index (χ1n) is 5.92. The summed E-state index contributed by atoms with van der Waals surface area (Å²) in [5.41, 5.74) is -0.535. The Morgan fingerprint density at radius 2 is 1.69 bits per heavy atom. The van der Waals surface area contributed by atoms with Gasteiger partial charge >= 0.3 is 0 Å². The quantitative estimate of drug-likeness (QED) is 0.651. The lowest BCUT2D eigenvalue weighted by atomic mass is 9.77. The first-order valence-corrected chi connectivity index (χ1v) is 5.92. The Bertz CT molecular complexity index is 307. The SMILES string of the molecule is CC1OC2(CC(C)(C)NC(C)(C)C2)NC1=O. The maximum absolute atomic E-state index is 11.6. The van der Waals surface area contributed by atoms with Crippen LogP contribution in [0.1, 0.15) is 47.5 Å². The lowest BCUT2D eigenvalue weighted by molar-refractivity contribution is -0.124. The van der Waals surface area contributed by atoms with Crippen molar-refractivity contribution in [3.05, 3.63) is 0 Å². The molecular weight excluding hydrogens is 204 g/mol. The third-order valence-corrected chi connectivity index (χ3v) is 3.25. The monoisotopic (exact) mass is 226 g/mol. The van der Waals surface area contributed by atoms with Gasteiger partial charge in [-0.25, -0.2) is 0 Å². The molecule has 92 valence electrons. The molecule has 16 heavy (non-hydrogen) atoms. The van der Waals surface area contributed by atoms with Gasteiger partial charge in [0.05, 0.1) is 0 Å². The van der Waals surface area contributed by atoms with Crippen LogP contribution in [0, 0.1) is 0 Å². The van der Waals surface area contributed by atoms with Crippen LogP contribution in [0.15, 0.2) is 0 Å². The highest BCUT2D eigenvalue weighted by Gasteiger charge is 2.53. The van der Waals surface area contributed by atoms with Crippen LogP contribution >= 0.6 is 0 Å². The van der Waals surface area contributed by atoms with Crippen molar-refractivity contribution in [2.45, 2.75) is 70.4 Å². The molecule has 2 saturated heterocycles. The summed E-state index contributed by atoms with van der Waals surface area (Å²) in [6.45, 7) is 10.4. The van der Waals surface area contributed by atoms with Crippen LogP contribution in [0.2, 0.25) is 0 Å². The molecule has 1 spiro atoms. The Morgan fingerprint density at radius 1 is 1.19 bits per heavy atom. The minimum Gasteiger partial charge on any atom is -0.343 e. The summed E-state index contributed by atoms with van der Waals surface area (Å²) in [5, 5.41) is 6.61. The Labute approximate surface area is 97.1 Å². The van der Waals surface area contributed by atoms with Gasteiger partial charge in [-0.2, -0.15) is 0 Å². The Balaban J connectivity index is 2.26. The number of amides is 1. The molecule has 1 amide bonds. The van der Waals surface area contributed by atoms with E-state index >= 15 is 0 Å². The average Bonchev–Trinajstić information content (AvgIpc) is 2.17. The highest BCUT2D eigenvalue weighted by Crippen LogP contribution is 2.39. The maximum atomic E-state index is 11.6. The van der Waals surface area contributed by atoms with Crippen LogP contribution in [-0.4, -0.2) is 28.8 Å². The molecule has 0 aromatic carbocycles. The standard InChI is InChI=1S/C12H22N2O2/c1-8-9(15)13-12(16-8)6-10(2,3)14-11(4,5)7-12/h8,14H,6-7H2,1-5H3,(H,13,15). The fraction of sp³-hybridized carbons (Fsp3) is 0.917. The Hall–Kier alpha value is -0.610. The van der Waals surface area contributed by atoms with Gasteiger partial charge in [0.2, 0.25) is 0 Å². The third-order valence-electron chi connectivity index (χ3n) is 3.25.